The SMILES string of the molecule is Cn1cc(Br)cc1C(=O)Nc1cc(Cl)cc(C(F)(F)F)c1. The quantitative estimate of drug-likeness (QED) is 0.803. The number of hydrogen-bond acceptors (Lipinski definition) is 1. The fourth-order valence-electron chi connectivity index (χ4n) is 1.77. The van der Waals surface area contributed by atoms with Crippen LogP contribution in [-0.2, 0) is 13.2 Å². The molecule has 1 aromatic heterocycles. The Labute approximate surface area is 131 Å². The molecule has 0 fully saturated rings. The number of nitrogens with zero attached hydrogens (tertiary/aromatic N) is 1. The van der Waals surface area contributed by atoms with E-state index in [4.69, 9.17) is 11.6 Å². The van der Waals surface area contributed by atoms with Crippen LogP contribution in [0.15, 0.2) is 34.9 Å². The zero-order valence-corrected chi connectivity index (χ0v) is 13.0. The molecule has 0 aliphatic carbocycles. The van der Waals surface area contributed by atoms with Gasteiger partial charge in [-0.15, -0.1) is 0 Å². The highest BCUT2D eigenvalue weighted by Crippen LogP contribution is 2.33. The van der Waals surface area contributed by atoms with Crippen molar-refractivity contribution in [2.45, 2.75) is 6.18 Å². The van der Waals surface area contributed by atoms with E-state index < -0.39 is 17.6 Å². The smallest absolute Gasteiger partial charge is 0.345 e. The number of hydrogen-bond donors (Lipinski definition) is 1. The van der Waals surface area contributed by atoms with E-state index in [1.807, 2.05) is 0 Å². The number of nitrogens with one attached hydrogen (secondary N) is 1. The average Bonchev–Trinajstić information content (AvgIpc) is 2.66. The van der Waals surface area contributed by atoms with Gasteiger partial charge in [0.05, 0.1) is 5.56 Å². The first-order valence-electron chi connectivity index (χ1n) is 5.68. The number of aryl methyl sites for hydroxylation is 1. The molecule has 21 heavy (non-hydrogen) atoms. The molecule has 0 unspecified atom stereocenters. The van der Waals surface area contributed by atoms with Crippen molar-refractivity contribution >= 4 is 39.1 Å². The summed E-state index contributed by atoms with van der Waals surface area (Å²) < 4.78 is 40.3. The van der Waals surface area contributed by atoms with Gasteiger partial charge in [-0.2, -0.15) is 13.2 Å². The lowest BCUT2D eigenvalue weighted by molar-refractivity contribution is -0.137. The second-order valence-electron chi connectivity index (χ2n) is 4.33. The molecule has 1 heterocycles. The largest absolute Gasteiger partial charge is 0.416 e. The van der Waals surface area contributed by atoms with Gasteiger partial charge in [-0.3, -0.25) is 4.79 Å². The van der Waals surface area contributed by atoms with E-state index in [1.165, 1.54) is 6.07 Å². The molecule has 3 nitrogen and oxygen atoms in total. The number of aromatic nitrogens is 1. The van der Waals surface area contributed by atoms with Crippen LogP contribution in [0.25, 0.3) is 0 Å². The Bertz CT molecular complexity index is 697. The number of alkyl halides is 3. The van der Waals surface area contributed by atoms with Crippen molar-refractivity contribution in [1.29, 1.82) is 0 Å². The number of carbonyl (C=O) groups is 1. The molecule has 0 atom stereocenters. The van der Waals surface area contributed by atoms with Gasteiger partial charge < -0.3 is 9.88 Å². The van der Waals surface area contributed by atoms with E-state index in [-0.39, 0.29) is 10.7 Å². The Kier molecular flexibility index (Phi) is 4.34. The van der Waals surface area contributed by atoms with Crippen LogP contribution in [-0.4, -0.2) is 10.5 Å². The number of carbonyl (C=O) groups excluding carboxylic acids is 1. The second-order valence-corrected chi connectivity index (χ2v) is 5.69. The zero-order valence-electron chi connectivity index (χ0n) is 10.6. The highest BCUT2D eigenvalue weighted by molar-refractivity contribution is 9.10. The predicted molar refractivity (Wildman–Crippen MR) is 77.5 cm³/mol. The second kappa shape index (κ2) is 5.73. The van der Waals surface area contributed by atoms with E-state index in [2.05, 4.69) is 21.2 Å². The number of amides is 1. The molecule has 2 rings (SSSR count). The van der Waals surface area contributed by atoms with Crippen LogP contribution in [0.4, 0.5) is 18.9 Å². The van der Waals surface area contributed by atoms with Crippen LogP contribution in [0, 0.1) is 0 Å². The van der Waals surface area contributed by atoms with Gasteiger partial charge in [-0.25, -0.2) is 0 Å². The molecule has 1 N–H and O–H groups in total. The maximum absolute atomic E-state index is 12.7. The summed E-state index contributed by atoms with van der Waals surface area (Å²) in [6, 6.07) is 4.45. The first kappa shape index (κ1) is 15.9. The van der Waals surface area contributed by atoms with Gasteiger partial charge in [-0.05, 0) is 40.2 Å². The van der Waals surface area contributed by atoms with Gasteiger partial charge in [0.25, 0.3) is 5.91 Å². The van der Waals surface area contributed by atoms with Gasteiger partial charge in [0.1, 0.15) is 5.69 Å². The standard InChI is InChI=1S/C13H9BrClF3N2O/c1-20-6-8(14)4-11(20)12(21)19-10-3-7(13(16,17)18)2-9(15)5-10/h2-6H,1H3,(H,19,21). The third kappa shape index (κ3) is 3.79. The van der Waals surface area contributed by atoms with Crippen molar-refractivity contribution in [3.05, 3.63) is 51.2 Å². The van der Waals surface area contributed by atoms with Crippen LogP contribution >= 0.6 is 27.5 Å². The lowest BCUT2D eigenvalue weighted by atomic mass is 10.2. The molecular weight excluding hydrogens is 373 g/mol. The Morgan fingerprint density at radius 1 is 1.29 bits per heavy atom. The molecule has 2 aromatic rings. The summed E-state index contributed by atoms with van der Waals surface area (Å²) in [6.07, 6.45) is -2.87. The molecular formula is C13H9BrClF3N2O. The Hall–Kier alpha value is -1.47. The van der Waals surface area contributed by atoms with Gasteiger partial charge in [0, 0.05) is 28.4 Å². The van der Waals surface area contributed by atoms with Crippen LogP contribution in [0.3, 0.4) is 0 Å². The molecule has 0 aliphatic rings. The van der Waals surface area contributed by atoms with Crippen molar-refractivity contribution in [3.8, 4) is 0 Å². The highest BCUT2D eigenvalue weighted by Gasteiger charge is 2.31. The summed E-state index contributed by atoms with van der Waals surface area (Å²) in [4.78, 5) is 12.0. The van der Waals surface area contributed by atoms with Crippen LogP contribution < -0.4 is 5.32 Å². The number of anilines is 1. The first-order chi connectivity index (χ1) is 9.66. The Morgan fingerprint density at radius 3 is 2.48 bits per heavy atom. The summed E-state index contributed by atoms with van der Waals surface area (Å²) in [5.41, 5.74) is -0.633. The monoisotopic (exact) mass is 380 g/mol. The van der Waals surface area contributed by atoms with Crippen LogP contribution in [0.2, 0.25) is 5.02 Å². The highest BCUT2D eigenvalue weighted by atomic mass is 79.9. The van der Waals surface area contributed by atoms with Crippen molar-refractivity contribution in [3.63, 3.8) is 0 Å². The molecule has 0 bridgehead atoms. The van der Waals surface area contributed by atoms with Crippen LogP contribution in [0.1, 0.15) is 16.1 Å². The van der Waals surface area contributed by atoms with Crippen molar-refractivity contribution in [1.82, 2.24) is 4.57 Å². The minimum Gasteiger partial charge on any atom is -0.345 e. The topological polar surface area (TPSA) is 34.0 Å². The molecule has 0 saturated carbocycles. The predicted octanol–water partition coefficient (Wildman–Crippen LogP) is 4.71. The summed E-state index contributed by atoms with van der Waals surface area (Å²) in [7, 11) is 1.65. The Balaban J connectivity index is 2.29. The molecule has 8 heteroatoms. The maximum Gasteiger partial charge on any atom is 0.416 e. The lowest BCUT2D eigenvalue weighted by Crippen LogP contribution is -2.16. The van der Waals surface area contributed by atoms with Gasteiger partial charge in [0.15, 0.2) is 0 Å². The number of rotatable bonds is 2. The molecule has 1 amide bonds. The molecule has 1 aromatic carbocycles. The van der Waals surface area contributed by atoms with E-state index in [1.54, 1.807) is 23.9 Å². The van der Waals surface area contributed by atoms with Gasteiger partial charge in [-0.1, -0.05) is 11.6 Å². The number of benzene rings is 1. The molecule has 0 aliphatic heterocycles. The third-order valence-corrected chi connectivity index (χ3v) is 3.34. The zero-order chi connectivity index (χ0) is 15.8. The van der Waals surface area contributed by atoms with Crippen molar-refractivity contribution in [2.24, 2.45) is 7.05 Å². The van der Waals surface area contributed by atoms with E-state index in [0.29, 0.717) is 10.2 Å². The van der Waals surface area contributed by atoms with E-state index >= 15 is 0 Å². The number of halogens is 5. The van der Waals surface area contributed by atoms with Gasteiger partial charge in [0.2, 0.25) is 0 Å². The minimum absolute atomic E-state index is 0.0165. The Morgan fingerprint density at radius 2 is 1.95 bits per heavy atom. The normalized spacial score (nSPS) is 11.5. The van der Waals surface area contributed by atoms with E-state index in [9.17, 15) is 18.0 Å². The van der Waals surface area contributed by atoms with E-state index in [0.717, 1.165) is 12.1 Å². The summed E-state index contributed by atoms with van der Waals surface area (Å²) >= 11 is 8.87. The van der Waals surface area contributed by atoms with Gasteiger partial charge >= 0.3 is 6.18 Å². The maximum atomic E-state index is 12.7. The molecule has 112 valence electrons. The van der Waals surface area contributed by atoms with Crippen LogP contribution in [0.5, 0.6) is 0 Å². The summed E-state index contributed by atoms with van der Waals surface area (Å²) in [5.74, 6) is -0.529. The molecule has 0 spiro atoms. The fraction of sp³-hybridized carbons (Fsp3) is 0.154. The van der Waals surface area contributed by atoms with Crippen molar-refractivity contribution < 1.29 is 18.0 Å². The first-order valence-corrected chi connectivity index (χ1v) is 6.85. The summed E-state index contributed by atoms with van der Waals surface area (Å²) in [6.45, 7) is 0. The average molecular weight is 382 g/mol. The lowest BCUT2D eigenvalue weighted by Gasteiger charge is -2.11. The molecule has 0 saturated heterocycles. The third-order valence-electron chi connectivity index (χ3n) is 2.69. The summed E-state index contributed by atoms with van der Waals surface area (Å²) in [5, 5.41) is 2.30. The molecule has 0 radical (unpaired) electrons. The minimum atomic E-state index is -4.53. The van der Waals surface area contributed by atoms with Crippen molar-refractivity contribution in [2.75, 3.05) is 5.32 Å². The fourth-order valence-corrected chi connectivity index (χ4v) is 2.53.